The van der Waals surface area contributed by atoms with Crippen LogP contribution in [-0.4, -0.2) is 5.78 Å². The summed E-state index contributed by atoms with van der Waals surface area (Å²) in [4.78, 5) is 12.2. The van der Waals surface area contributed by atoms with Crippen molar-refractivity contribution in [2.75, 3.05) is 5.73 Å². The molecule has 0 radical (unpaired) electrons. The first kappa shape index (κ1) is 10.8. The third-order valence-corrected chi connectivity index (χ3v) is 2.94. The predicted octanol–water partition coefficient (Wildman–Crippen LogP) is 2.84. The number of benzene rings is 1. The molecule has 0 spiro atoms. The summed E-state index contributed by atoms with van der Waals surface area (Å²) in [5.74, 6) is -2.25. The molecule has 0 unspecified atom stereocenters. The van der Waals surface area contributed by atoms with Gasteiger partial charge in [-0.2, -0.15) is 0 Å². The van der Waals surface area contributed by atoms with Crippen LogP contribution in [0, 0.1) is 11.6 Å². The molecule has 0 saturated heterocycles. The van der Waals surface area contributed by atoms with E-state index in [-0.39, 0.29) is 11.3 Å². The van der Waals surface area contributed by atoms with Gasteiger partial charge in [-0.15, -0.1) is 11.3 Å². The third-order valence-electron chi connectivity index (χ3n) is 2.08. The number of thiophene rings is 1. The number of hydrogen-bond acceptors (Lipinski definition) is 3. The van der Waals surface area contributed by atoms with E-state index < -0.39 is 17.4 Å². The molecule has 0 aliphatic heterocycles. The molecular formula is C11H7F2NOS. The minimum absolute atomic E-state index is 0.207. The highest BCUT2D eigenvalue weighted by Crippen LogP contribution is 2.21. The summed E-state index contributed by atoms with van der Waals surface area (Å²) in [5.41, 5.74) is 4.85. The Labute approximate surface area is 94.3 Å². The average molecular weight is 239 g/mol. The van der Waals surface area contributed by atoms with Crippen molar-refractivity contribution in [2.45, 2.75) is 0 Å². The molecule has 2 rings (SSSR count). The summed E-state index contributed by atoms with van der Waals surface area (Å²) < 4.78 is 26.3. The minimum atomic E-state index is -0.898. The molecule has 0 amide bonds. The van der Waals surface area contributed by atoms with Gasteiger partial charge in [-0.05, 0) is 17.5 Å². The molecular weight excluding hydrogens is 232 g/mol. The van der Waals surface area contributed by atoms with Gasteiger partial charge in [0.15, 0.2) is 0 Å². The Balaban J connectivity index is 2.49. The van der Waals surface area contributed by atoms with E-state index >= 15 is 0 Å². The number of halogens is 2. The van der Waals surface area contributed by atoms with Gasteiger partial charge in [0.2, 0.25) is 5.78 Å². The summed E-state index contributed by atoms with van der Waals surface area (Å²) in [6.07, 6.45) is 0. The summed E-state index contributed by atoms with van der Waals surface area (Å²) in [7, 11) is 0. The first-order valence-electron chi connectivity index (χ1n) is 4.42. The molecule has 1 heterocycles. The fourth-order valence-corrected chi connectivity index (χ4v) is 1.96. The van der Waals surface area contributed by atoms with Crippen molar-refractivity contribution in [3.8, 4) is 0 Å². The van der Waals surface area contributed by atoms with Crippen LogP contribution >= 0.6 is 11.3 Å². The zero-order chi connectivity index (χ0) is 11.7. The molecule has 82 valence electrons. The van der Waals surface area contributed by atoms with Crippen LogP contribution in [0.2, 0.25) is 0 Å². The number of rotatable bonds is 2. The van der Waals surface area contributed by atoms with Gasteiger partial charge in [0.05, 0.1) is 16.1 Å². The summed E-state index contributed by atoms with van der Waals surface area (Å²) in [5, 5.41) is 1.71. The Morgan fingerprint density at radius 3 is 2.62 bits per heavy atom. The number of nitrogens with two attached hydrogens (primary N) is 1. The van der Waals surface area contributed by atoms with Crippen molar-refractivity contribution in [1.82, 2.24) is 0 Å². The van der Waals surface area contributed by atoms with Crippen molar-refractivity contribution in [1.29, 1.82) is 0 Å². The lowest BCUT2D eigenvalue weighted by molar-refractivity contribution is 0.103. The van der Waals surface area contributed by atoms with Gasteiger partial charge in [-0.3, -0.25) is 4.79 Å². The zero-order valence-corrected chi connectivity index (χ0v) is 8.85. The SMILES string of the molecule is Nc1cc(C(=O)c2cccs2)c(F)cc1F. The molecule has 0 fully saturated rings. The maximum absolute atomic E-state index is 13.4. The Kier molecular flexibility index (Phi) is 2.70. The van der Waals surface area contributed by atoms with Gasteiger partial charge in [-0.1, -0.05) is 6.07 Å². The molecule has 2 aromatic rings. The van der Waals surface area contributed by atoms with Gasteiger partial charge < -0.3 is 5.73 Å². The van der Waals surface area contributed by atoms with Crippen LogP contribution in [-0.2, 0) is 0 Å². The molecule has 2 nitrogen and oxygen atoms in total. The standard InChI is InChI=1S/C11H7F2NOS/c12-7-5-8(13)9(14)4-6(7)11(15)10-2-1-3-16-10/h1-5H,14H2. The van der Waals surface area contributed by atoms with Gasteiger partial charge >= 0.3 is 0 Å². The molecule has 0 aliphatic carbocycles. The van der Waals surface area contributed by atoms with Crippen LogP contribution in [0.1, 0.15) is 15.2 Å². The molecule has 0 saturated carbocycles. The summed E-state index contributed by atoms with van der Waals surface area (Å²) in [6.45, 7) is 0. The number of ketones is 1. The van der Waals surface area contributed by atoms with E-state index in [1.807, 2.05) is 0 Å². The third kappa shape index (κ3) is 1.81. The van der Waals surface area contributed by atoms with Gasteiger partial charge in [0, 0.05) is 6.07 Å². The summed E-state index contributed by atoms with van der Waals surface area (Å²) in [6, 6.07) is 4.90. The summed E-state index contributed by atoms with van der Waals surface area (Å²) >= 11 is 1.19. The number of nitrogen functional groups attached to an aromatic ring is 1. The first-order valence-corrected chi connectivity index (χ1v) is 5.30. The van der Waals surface area contributed by atoms with Crippen molar-refractivity contribution in [3.63, 3.8) is 0 Å². The second kappa shape index (κ2) is 4.02. The fourth-order valence-electron chi connectivity index (χ4n) is 1.28. The normalized spacial score (nSPS) is 10.4. The smallest absolute Gasteiger partial charge is 0.205 e. The monoisotopic (exact) mass is 239 g/mol. The van der Waals surface area contributed by atoms with Crippen molar-refractivity contribution in [2.24, 2.45) is 0 Å². The quantitative estimate of drug-likeness (QED) is 0.646. The van der Waals surface area contributed by atoms with Crippen molar-refractivity contribution < 1.29 is 13.6 Å². The van der Waals surface area contributed by atoms with Gasteiger partial charge in [0.1, 0.15) is 11.6 Å². The number of carbonyl (C=O) groups excluding carboxylic acids is 1. The molecule has 0 aliphatic rings. The van der Waals surface area contributed by atoms with Crippen LogP contribution < -0.4 is 5.73 Å². The Bertz CT molecular complexity index is 537. The van der Waals surface area contributed by atoms with E-state index in [0.29, 0.717) is 10.9 Å². The zero-order valence-electron chi connectivity index (χ0n) is 8.04. The van der Waals surface area contributed by atoms with Crippen molar-refractivity contribution in [3.05, 3.63) is 51.7 Å². The second-order valence-electron chi connectivity index (χ2n) is 3.16. The Morgan fingerprint density at radius 1 is 1.25 bits per heavy atom. The van der Waals surface area contributed by atoms with E-state index in [9.17, 15) is 13.6 Å². The largest absolute Gasteiger partial charge is 0.396 e. The van der Waals surface area contributed by atoms with Crippen LogP contribution in [0.5, 0.6) is 0 Å². The van der Waals surface area contributed by atoms with Gasteiger partial charge in [-0.25, -0.2) is 8.78 Å². The lowest BCUT2D eigenvalue weighted by Crippen LogP contribution is -2.05. The number of anilines is 1. The Morgan fingerprint density at radius 2 is 2.00 bits per heavy atom. The molecule has 0 bridgehead atoms. The fraction of sp³-hybridized carbons (Fsp3) is 0. The first-order chi connectivity index (χ1) is 7.59. The number of hydrogen-bond donors (Lipinski definition) is 1. The number of carbonyl (C=O) groups is 1. The maximum Gasteiger partial charge on any atom is 0.205 e. The van der Waals surface area contributed by atoms with E-state index in [4.69, 9.17) is 5.73 Å². The topological polar surface area (TPSA) is 43.1 Å². The lowest BCUT2D eigenvalue weighted by Gasteiger charge is -2.03. The average Bonchev–Trinajstić information content (AvgIpc) is 2.75. The molecule has 16 heavy (non-hydrogen) atoms. The highest BCUT2D eigenvalue weighted by atomic mass is 32.1. The van der Waals surface area contributed by atoms with E-state index in [0.717, 1.165) is 6.07 Å². The van der Waals surface area contributed by atoms with E-state index in [1.54, 1.807) is 17.5 Å². The van der Waals surface area contributed by atoms with E-state index in [2.05, 4.69) is 0 Å². The second-order valence-corrected chi connectivity index (χ2v) is 4.11. The molecule has 5 heteroatoms. The van der Waals surface area contributed by atoms with Crippen LogP contribution in [0.25, 0.3) is 0 Å². The molecule has 1 aromatic heterocycles. The van der Waals surface area contributed by atoms with Crippen LogP contribution in [0.15, 0.2) is 29.6 Å². The highest BCUT2D eigenvalue weighted by molar-refractivity contribution is 7.12. The molecule has 1 aromatic carbocycles. The molecule has 0 atom stereocenters. The highest BCUT2D eigenvalue weighted by Gasteiger charge is 2.17. The maximum atomic E-state index is 13.4. The van der Waals surface area contributed by atoms with Crippen LogP contribution in [0.4, 0.5) is 14.5 Å². The van der Waals surface area contributed by atoms with Crippen molar-refractivity contribution >= 4 is 22.8 Å². The predicted molar refractivity (Wildman–Crippen MR) is 58.5 cm³/mol. The lowest BCUT2D eigenvalue weighted by atomic mass is 10.1. The minimum Gasteiger partial charge on any atom is -0.396 e. The van der Waals surface area contributed by atoms with Crippen LogP contribution in [0.3, 0.4) is 0 Å². The molecule has 2 N–H and O–H groups in total. The van der Waals surface area contributed by atoms with Gasteiger partial charge in [0.25, 0.3) is 0 Å². The van der Waals surface area contributed by atoms with E-state index in [1.165, 1.54) is 11.3 Å². The Hall–Kier alpha value is -1.75.